The SMILES string of the molecule is Nc1nc(/C(=N\OCCF)C(=O)N[C@@H]2C(=O)N3C(C(=O)O)=C(Sc4ccnn4-c4ccccc4)CS[C@H]23)c(Cl)s1. The van der Waals surface area contributed by atoms with E-state index in [1.165, 1.54) is 23.5 Å². The maximum absolute atomic E-state index is 13.2. The fourth-order valence-corrected chi connectivity index (χ4v) is 7.40. The number of oxime groups is 1. The Morgan fingerprint density at radius 2 is 2.10 bits per heavy atom. The van der Waals surface area contributed by atoms with Crippen LogP contribution < -0.4 is 11.1 Å². The lowest BCUT2D eigenvalue weighted by molar-refractivity contribution is -0.150. The molecule has 5 rings (SSSR count). The molecule has 1 aromatic carbocycles. The summed E-state index contributed by atoms with van der Waals surface area (Å²) in [6.45, 7) is -1.27. The summed E-state index contributed by atoms with van der Waals surface area (Å²) in [5.74, 6) is -2.49. The van der Waals surface area contributed by atoms with Crippen molar-refractivity contribution in [2.24, 2.45) is 5.16 Å². The number of alkyl halides is 1. The van der Waals surface area contributed by atoms with Crippen molar-refractivity contribution in [2.75, 3.05) is 24.8 Å². The van der Waals surface area contributed by atoms with Crippen molar-refractivity contribution in [1.82, 2.24) is 25.0 Å². The Morgan fingerprint density at radius 3 is 2.77 bits per heavy atom. The van der Waals surface area contributed by atoms with E-state index < -0.39 is 48.2 Å². The summed E-state index contributed by atoms with van der Waals surface area (Å²) in [5.41, 5.74) is 5.83. The van der Waals surface area contributed by atoms with E-state index in [0.717, 1.165) is 21.9 Å². The van der Waals surface area contributed by atoms with Crippen LogP contribution in [-0.2, 0) is 19.2 Å². The standard InChI is InChI=1S/C23H19ClFN7O5S3/c24-18-14(29-23(26)40-18)15(30-37-9-7-25)19(33)28-16-20(34)31-17(22(35)36)12(10-38-21(16)31)39-13-6-8-27-32(13)11-4-2-1-3-5-11/h1-6,8,16,21H,7,9-10H2,(H2,26,29)(H,28,33)(H,35,36)/b30-15+/t16-,21-/m1/s1. The van der Waals surface area contributed by atoms with Gasteiger partial charge in [-0.3, -0.25) is 14.5 Å². The number of thiazole rings is 1. The number of rotatable bonds is 10. The number of fused-ring (bicyclic) bond motifs is 1. The van der Waals surface area contributed by atoms with E-state index in [1.807, 2.05) is 30.3 Å². The highest BCUT2D eigenvalue weighted by molar-refractivity contribution is 8.06. The first-order valence-corrected chi connectivity index (χ1v) is 14.5. The third-order valence-corrected chi connectivity index (χ3v) is 9.27. The fourth-order valence-electron chi connectivity index (χ4n) is 3.94. The molecule has 2 atom stereocenters. The maximum Gasteiger partial charge on any atom is 0.353 e. The van der Waals surface area contributed by atoms with Gasteiger partial charge in [0.25, 0.3) is 11.8 Å². The van der Waals surface area contributed by atoms with E-state index in [2.05, 4.69) is 20.6 Å². The molecule has 3 aromatic rings. The Morgan fingerprint density at radius 1 is 1.32 bits per heavy atom. The predicted molar refractivity (Wildman–Crippen MR) is 149 cm³/mol. The lowest BCUT2D eigenvalue weighted by Crippen LogP contribution is -2.71. The van der Waals surface area contributed by atoms with E-state index in [0.29, 0.717) is 9.93 Å². The monoisotopic (exact) mass is 623 g/mol. The molecule has 0 radical (unpaired) electrons. The third-order valence-electron chi connectivity index (χ3n) is 5.63. The molecule has 0 unspecified atom stereocenters. The fraction of sp³-hybridized carbons (Fsp3) is 0.217. The highest BCUT2D eigenvalue weighted by Crippen LogP contribution is 2.45. The van der Waals surface area contributed by atoms with Crippen molar-refractivity contribution < 1.29 is 28.7 Å². The van der Waals surface area contributed by atoms with Crippen molar-refractivity contribution in [2.45, 2.75) is 16.4 Å². The predicted octanol–water partition coefficient (Wildman–Crippen LogP) is 2.74. The number of aromatic nitrogens is 3. The number of para-hydroxylation sites is 1. The minimum atomic E-state index is -1.27. The van der Waals surface area contributed by atoms with Crippen LogP contribution in [0.5, 0.6) is 0 Å². The van der Waals surface area contributed by atoms with Crippen LogP contribution in [-0.4, -0.2) is 78.7 Å². The molecule has 40 heavy (non-hydrogen) atoms. The number of nitrogen functional groups attached to an aromatic ring is 1. The molecule has 17 heteroatoms. The van der Waals surface area contributed by atoms with Gasteiger partial charge in [0.05, 0.1) is 11.9 Å². The zero-order chi connectivity index (χ0) is 28.4. The van der Waals surface area contributed by atoms with Crippen molar-refractivity contribution in [3.05, 3.63) is 63.2 Å². The number of nitrogens with one attached hydrogen (secondary N) is 1. The summed E-state index contributed by atoms with van der Waals surface area (Å²) >= 11 is 9.52. The average Bonchev–Trinajstić information content (AvgIpc) is 3.54. The Balaban J connectivity index is 1.36. The lowest BCUT2D eigenvalue weighted by Gasteiger charge is -2.49. The van der Waals surface area contributed by atoms with Gasteiger partial charge in [-0.2, -0.15) is 5.10 Å². The molecule has 0 spiro atoms. The van der Waals surface area contributed by atoms with Gasteiger partial charge >= 0.3 is 5.97 Å². The van der Waals surface area contributed by atoms with Crippen LogP contribution in [0.2, 0.25) is 4.34 Å². The quantitative estimate of drug-likeness (QED) is 0.132. The Labute approximate surface area is 243 Å². The summed E-state index contributed by atoms with van der Waals surface area (Å²) in [5, 5.41) is 20.6. The number of nitrogens with two attached hydrogens (primary N) is 1. The van der Waals surface area contributed by atoms with Crippen LogP contribution in [0.15, 0.2) is 63.4 Å². The molecule has 2 amide bonds. The molecular weight excluding hydrogens is 605 g/mol. The van der Waals surface area contributed by atoms with Gasteiger partial charge in [-0.15, -0.1) is 11.8 Å². The summed E-state index contributed by atoms with van der Waals surface area (Å²) in [6.07, 6.45) is 1.61. The smallest absolute Gasteiger partial charge is 0.353 e. The number of nitrogens with zero attached hydrogens (tertiary/aromatic N) is 5. The van der Waals surface area contributed by atoms with E-state index in [-0.39, 0.29) is 26.6 Å². The van der Waals surface area contributed by atoms with Gasteiger partial charge in [0.2, 0.25) is 0 Å². The summed E-state index contributed by atoms with van der Waals surface area (Å²) in [4.78, 5) is 49.0. The number of carbonyl (C=O) groups excluding carboxylic acids is 2. The Kier molecular flexibility index (Phi) is 8.30. The van der Waals surface area contributed by atoms with Gasteiger partial charge in [-0.05, 0) is 18.2 Å². The molecule has 0 aliphatic carbocycles. The van der Waals surface area contributed by atoms with Crippen molar-refractivity contribution >= 4 is 75.1 Å². The van der Waals surface area contributed by atoms with Gasteiger partial charge in [0.15, 0.2) is 10.8 Å². The van der Waals surface area contributed by atoms with E-state index in [9.17, 15) is 23.9 Å². The first kappa shape index (κ1) is 27.9. The normalized spacial score (nSPS) is 18.8. The number of aliphatic carboxylic acids is 1. The number of amides is 2. The molecule has 1 saturated heterocycles. The van der Waals surface area contributed by atoms with Gasteiger partial charge in [0, 0.05) is 10.7 Å². The number of anilines is 1. The molecule has 1 fully saturated rings. The van der Waals surface area contributed by atoms with Crippen molar-refractivity contribution in [3.63, 3.8) is 0 Å². The van der Waals surface area contributed by atoms with Crippen molar-refractivity contribution in [1.29, 1.82) is 0 Å². The van der Waals surface area contributed by atoms with Gasteiger partial charge < -0.3 is 21.0 Å². The van der Waals surface area contributed by atoms with Crippen molar-refractivity contribution in [3.8, 4) is 5.69 Å². The molecule has 2 aliphatic heterocycles. The van der Waals surface area contributed by atoms with Gasteiger partial charge in [-0.25, -0.2) is 18.9 Å². The first-order chi connectivity index (χ1) is 19.3. The van der Waals surface area contributed by atoms with Gasteiger partial charge in [0.1, 0.15) is 45.5 Å². The van der Waals surface area contributed by atoms with Crippen LogP contribution >= 0.6 is 46.5 Å². The van der Waals surface area contributed by atoms with Gasteiger partial charge in [-0.1, -0.05) is 58.1 Å². The Hall–Kier alpha value is -3.60. The molecule has 2 aromatic heterocycles. The number of carbonyl (C=O) groups is 3. The first-order valence-electron chi connectivity index (χ1n) is 11.5. The van der Waals surface area contributed by atoms with E-state index in [1.54, 1.807) is 16.9 Å². The molecule has 0 bridgehead atoms. The maximum atomic E-state index is 13.2. The Bertz CT molecular complexity index is 1530. The number of hydrogen-bond acceptors (Lipinski definition) is 11. The van der Waals surface area contributed by atoms with E-state index in [4.69, 9.17) is 22.2 Å². The minimum absolute atomic E-state index is 0.0522. The number of halogens is 2. The van der Waals surface area contributed by atoms with Crippen LogP contribution in [0.4, 0.5) is 9.52 Å². The summed E-state index contributed by atoms with van der Waals surface area (Å²) < 4.78 is 14.3. The van der Waals surface area contributed by atoms with E-state index >= 15 is 0 Å². The second kappa shape index (κ2) is 11.9. The molecule has 4 heterocycles. The molecule has 208 valence electrons. The molecule has 12 nitrogen and oxygen atoms in total. The van der Waals surface area contributed by atoms with Crippen LogP contribution in [0.1, 0.15) is 5.69 Å². The second-order valence-corrected chi connectivity index (χ2v) is 11.9. The molecule has 4 N–H and O–H groups in total. The number of carboxylic acids is 1. The highest BCUT2D eigenvalue weighted by Gasteiger charge is 2.54. The average molecular weight is 624 g/mol. The summed E-state index contributed by atoms with van der Waals surface area (Å²) in [7, 11) is 0. The lowest BCUT2D eigenvalue weighted by atomic mass is 10.0. The minimum Gasteiger partial charge on any atom is -0.477 e. The number of carboxylic acid groups (broad SMARTS) is 1. The van der Waals surface area contributed by atoms with Crippen LogP contribution in [0.25, 0.3) is 5.69 Å². The number of benzene rings is 1. The third kappa shape index (κ3) is 5.39. The topological polar surface area (TPSA) is 165 Å². The molecule has 2 aliphatic rings. The van der Waals surface area contributed by atoms with Crippen LogP contribution in [0, 0.1) is 0 Å². The number of hydrogen-bond donors (Lipinski definition) is 3. The van der Waals surface area contributed by atoms with Crippen LogP contribution in [0.3, 0.4) is 0 Å². The second-order valence-electron chi connectivity index (χ2n) is 8.09. The largest absolute Gasteiger partial charge is 0.477 e. The zero-order valence-electron chi connectivity index (χ0n) is 20.2. The number of thioether (sulfide) groups is 2. The highest BCUT2D eigenvalue weighted by atomic mass is 35.5. The molecular formula is C23H19ClFN7O5S3. The zero-order valence-corrected chi connectivity index (χ0v) is 23.4. The number of β-lactam (4-membered cyclic amide) rings is 1. The summed E-state index contributed by atoms with van der Waals surface area (Å²) in [6, 6.07) is 10.0. The molecule has 0 saturated carbocycles.